The third-order valence-corrected chi connectivity index (χ3v) is 7.12. The zero-order valence-corrected chi connectivity index (χ0v) is 19.1. The number of benzene rings is 1. The molecule has 0 unspecified atom stereocenters. The molecule has 1 aromatic rings. The lowest BCUT2D eigenvalue weighted by Crippen LogP contribution is -2.39. The second kappa shape index (κ2) is 11.8. The molecule has 0 aromatic heterocycles. The van der Waals surface area contributed by atoms with Gasteiger partial charge in [-0.05, 0) is 55.7 Å². The molecule has 2 bridgehead atoms. The Bertz CT molecular complexity index is 787. The van der Waals surface area contributed by atoms with Gasteiger partial charge < -0.3 is 14.9 Å². The summed E-state index contributed by atoms with van der Waals surface area (Å²) in [7, 11) is 0. The lowest BCUT2D eigenvalue weighted by Gasteiger charge is -2.38. The number of carboxylic acid groups (broad SMARTS) is 1. The average molecular weight is 445 g/mol. The lowest BCUT2D eigenvalue weighted by atomic mass is 9.69. The van der Waals surface area contributed by atoms with Crippen molar-refractivity contribution in [1.82, 2.24) is 0 Å². The van der Waals surface area contributed by atoms with E-state index in [9.17, 15) is 14.3 Å². The number of ether oxygens (including phenoxy) is 1. The Balaban J connectivity index is 1.74. The van der Waals surface area contributed by atoms with E-state index in [0.717, 1.165) is 50.5 Å². The Hall–Kier alpha value is -1.98. The van der Waals surface area contributed by atoms with Gasteiger partial charge >= 0.3 is 5.97 Å². The second-order valence-corrected chi connectivity index (χ2v) is 9.34. The van der Waals surface area contributed by atoms with Crippen molar-refractivity contribution < 1.29 is 24.1 Å². The monoisotopic (exact) mass is 444 g/mol. The van der Waals surface area contributed by atoms with Crippen LogP contribution in [0.3, 0.4) is 0 Å². The molecule has 1 aliphatic carbocycles. The summed E-state index contributed by atoms with van der Waals surface area (Å²) >= 11 is 0. The van der Waals surface area contributed by atoms with Crippen LogP contribution in [0.15, 0.2) is 48.6 Å². The number of carboxylic acids is 1. The van der Waals surface area contributed by atoms with Crippen LogP contribution in [0.1, 0.15) is 70.3 Å². The molecule has 2 aliphatic rings. The molecule has 0 radical (unpaired) electrons. The lowest BCUT2D eigenvalue weighted by molar-refractivity contribution is -0.137. The summed E-state index contributed by atoms with van der Waals surface area (Å²) in [6.07, 6.45) is 15.4. The predicted molar refractivity (Wildman–Crippen MR) is 124 cm³/mol. The highest BCUT2D eigenvalue weighted by Crippen LogP contribution is 2.57. The molecule has 176 valence electrons. The van der Waals surface area contributed by atoms with E-state index in [1.54, 1.807) is 0 Å². The molecule has 3 rings (SSSR count). The SMILES string of the molecule is CCCCC[C@H](O)/C=C/[C@@H]1[C@@H](C/C=C\CCCC(=O)O)[C@@]2(c3ccc(F)cc3)CO[C@@H]1C2. The molecule has 1 aliphatic heterocycles. The molecule has 4 nitrogen and oxygen atoms in total. The first-order valence-corrected chi connectivity index (χ1v) is 12.1. The molecule has 1 heterocycles. The molecular formula is C27H37FO4. The van der Waals surface area contributed by atoms with Crippen LogP contribution in [-0.4, -0.2) is 35.0 Å². The Morgan fingerprint density at radius 1 is 1.25 bits per heavy atom. The van der Waals surface area contributed by atoms with Crippen molar-refractivity contribution in [3.05, 3.63) is 60.0 Å². The minimum atomic E-state index is -0.762. The average Bonchev–Trinajstić information content (AvgIpc) is 3.33. The van der Waals surface area contributed by atoms with E-state index < -0.39 is 12.1 Å². The van der Waals surface area contributed by atoms with Crippen LogP contribution in [0, 0.1) is 17.7 Å². The number of aliphatic hydroxyl groups is 1. The van der Waals surface area contributed by atoms with Crippen LogP contribution in [0.5, 0.6) is 0 Å². The van der Waals surface area contributed by atoms with Gasteiger partial charge in [0.05, 0.1) is 18.8 Å². The van der Waals surface area contributed by atoms with Crippen LogP contribution >= 0.6 is 0 Å². The molecule has 1 saturated heterocycles. The molecule has 1 saturated carbocycles. The van der Waals surface area contributed by atoms with Crippen LogP contribution in [0.2, 0.25) is 0 Å². The van der Waals surface area contributed by atoms with Gasteiger partial charge in [-0.15, -0.1) is 0 Å². The standard InChI is InChI=1S/C27H37FO4/c1-2-3-6-9-22(29)16-17-23-24(10-7-4-5-8-11-26(30)31)27(18-25(23)32-19-27)20-12-14-21(28)15-13-20/h4,7,12-17,22-25,29H,2-3,5-6,8-11,18-19H2,1H3,(H,30,31)/b7-4-,17-16+/t22-,23+,24+,25+,27+/m0/s1. The number of hydrogen-bond acceptors (Lipinski definition) is 3. The molecule has 5 heteroatoms. The summed E-state index contributed by atoms with van der Waals surface area (Å²) in [5.41, 5.74) is 0.955. The molecule has 0 amide bonds. The summed E-state index contributed by atoms with van der Waals surface area (Å²) in [6.45, 7) is 2.79. The number of rotatable bonds is 13. The predicted octanol–water partition coefficient (Wildman–Crippen LogP) is 5.80. The van der Waals surface area contributed by atoms with Gasteiger partial charge in [0.25, 0.3) is 0 Å². The van der Waals surface area contributed by atoms with Gasteiger partial charge in [0.2, 0.25) is 0 Å². The Labute approximate surface area is 191 Å². The number of halogens is 1. The van der Waals surface area contributed by atoms with E-state index in [4.69, 9.17) is 9.84 Å². The number of hydrogen-bond donors (Lipinski definition) is 2. The fraction of sp³-hybridized carbons (Fsp3) is 0.593. The first-order chi connectivity index (χ1) is 15.5. The van der Waals surface area contributed by atoms with Crippen molar-refractivity contribution >= 4 is 5.97 Å². The van der Waals surface area contributed by atoms with Crippen molar-refractivity contribution in [3.8, 4) is 0 Å². The number of aliphatic hydroxyl groups excluding tert-OH is 1. The van der Waals surface area contributed by atoms with E-state index >= 15 is 0 Å². The van der Waals surface area contributed by atoms with Gasteiger partial charge in [-0.1, -0.05) is 62.6 Å². The Kier molecular flexibility index (Phi) is 9.06. The van der Waals surface area contributed by atoms with Crippen LogP contribution in [0.4, 0.5) is 4.39 Å². The maximum Gasteiger partial charge on any atom is 0.303 e. The van der Waals surface area contributed by atoms with Crippen LogP contribution in [-0.2, 0) is 14.9 Å². The van der Waals surface area contributed by atoms with Gasteiger partial charge in [0.15, 0.2) is 0 Å². The van der Waals surface area contributed by atoms with Crippen LogP contribution < -0.4 is 0 Å². The fourth-order valence-corrected chi connectivity index (χ4v) is 5.39. The topological polar surface area (TPSA) is 66.8 Å². The summed E-state index contributed by atoms with van der Waals surface area (Å²) in [6, 6.07) is 6.82. The molecule has 32 heavy (non-hydrogen) atoms. The summed E-state index contributed by atoms with van der Waals surface area (Å²) in [5, 5.41) is 19.2. The second-order valence-electron chi connectivity index (χ2n) is 9.34. The first-order valence-electron chi connectivity index (χ1n) is 12.1. The van der Waals surface area contributed by atoms with E-state index in [2.05, 4.69) is 25.2 Å². The van der Waals surface area contributed by atoms with Gasteiger partial charge in [-0.3, -0.25) is 4.79 Å². The van der Waals surface area contributed by atoms with Crippen molar-refractivity contribution in [2.75, 3.05) is 6.61 Å². The van der Waals surface area contributed by atoms with E-state index in [1.165, 1.54) is 12.1 Å². The van der Waals surface area contributed by atoms with Crippen molar-refractivity contribution in [2.24, 2.45) is 11.8 Å². The molecule has 1 aromatic carbocycles. The van der Waals surface area contributed by atoms with Crippen molar-refractivity contribution in [3.63, 3.8) is 0 Å². The van der Waals surface area contributed by atoms with E-state index in [1.807, 2.05) is 18.2 Å². The number of carbonyl (C=O) groups is 1. The number of unbranched alkanes of at least 4 members (excludes halogenated alkanes) is 3. The number of aliphatic carboxylic acids is 1. The molecule has 2 N–H and O–H groups in total. The zero-order valence-electron chi connectivity index (χ0n) is 19.1. The summed E-state index contributed by atoms with van der Waals surface area (Å²) < 4.78 is 19.7. The van der Waals surface area contributed by atoms with E-state index in [0.29, 0.717) is 18.9 Å². The van der Waals surface area contributed by atoms with Crippen molar-refractivity contribution in [1.29, 1.82) is 0 Å². The highest BCUT2D eigenvalue weighted by atomic mass is 19.1. The minimum Gasteiger partial charge on any atom is -0.481 e. The molecule has 5 atom stereocenters. The quantitative estimate of drug-likeness (QED) is 0.298. The smallest absolute Gasteiger partial charge is 0.303 e. The fourth-order valence-electron chi connectivity index (χ4n) is 5.39. The van der Waals surface area contributed by atoms with Crippen molar-refractivity contribution in [2.45, 2.75) is 82.3 Å². The largest absolute Gasteiger partial charge is 0.481 e. The minimum absolute atomic E-state index is 0.101. The molecule has 2 fully saturated rings. The third-order valence-electron chi connectivity index (χ3n) is 7.12. The first kappa shape index (κ1) is 24.7. The molecule has 0 spiro atoms. The summed E-state index contributed by atoms with van der Waals surface area (Å²) in [5.74, 6) is -0.512. The normalized spacial score (nSPS) is 28.2. The molecular weight excluding hydrogens is 407 g/mol. The maximum absolute atomic E-state index is 13.6. The summed E-state index contributed by atoms with van der Waals surface area (Å²) in [4.78, 5) is 10.7. The van der Waals surface area contributed by atoms with Gasteiger partial charge in [0, 0.05) is 17.8 Å². The Morgan fingerprint density at radius 3 is 2.75 bits per heavy atom. The van der Waals surface area contributed by atoms with E-state index in [-0.39, 0.29) is 29.7 Å². The maximum atomic E-state index is 13.6. The zero-order chi connectivity index (χ0) is 23.0. The number of fused-ring (bicyclic) bond motifs is 2. The Morgan fingerprint density at radius 2 is 2.03 bits per heavy atom. The van der Waals surface area contributed by atoms with Gasteiger partial charge in [-0.2, -0.15) is 0 Å². The highest BCUT2D eigenvalue weighted by Gasteiger charge is 2.58. The van der Waals surface area contributed by atoms with Crippen LogP contribution in [0.25, 0.3) is 0 Å². The number of allylic oxidation sites excluding steroid dienone is 2. The third kappa shape index (κ3) is 6.08. The van der Waals surface area contributed by atoms with Gasteiger partial charge in [-0.25, -0.2) is 4.39 Å². The van der Waals surface area contributed by atoms with Gasteiger partial charge in [0.1, 0.15) is 5.82 Å². The highest BCUT2D eigenvalue weighted by molar-refractivity contribution is 5.66.